The Morgan fingerprint density at radius 3 is 2.69 bits per heavy atom. The highest BCUT2D eigenvalue weighted by molar-refractivity contribution is 5.94. The first-order valence-corrected chi connectivity index (χ1v) is 11.3. The largest absolute Gasteiger partial charge is 0.309 e. The molecular formula is C25H23N9O. The summed E-state index contributed by atoms with van der Waals surface area (Å²) in [5, 5.41) is 16.3. The first-order valence-electron chi connectivity index (χ1n) is 11.3. The van der Waals surface area contributed by atoms with E-state index in [9.17, 15) is 4.79 Å². The van der Waals surface area contributed by atoms with Gasteiger partial charge in [-0.2, -0.15) is 5.10 Å². The maximum Gasteiger partial charge on any atom is 0.228 e. The van der Waals surface area contributed by atoms with Crippen molar-refractivity contribution in [1.82, 2.24) is 34.3 Å². The topological polar surface area (TPSA) is 106 Å². The lowest BCUT2D eigenvalue weighted by Gasteiger charge is -2.17. The number of anilines is 3. The number of carbonyl (C=O) groups excluding carboxylic acids is 1. The van der Waals surface area contributed by atoms with Crippen LogP contribution in [-0.4, -0.2) is 47.3 Å². The van der Waals surface area contributed by atoms with Crippen molar-refractivity contribution in [2.45, 2.75) is 18.8 Å². The summed E-state index contributed by atoms with van der Waals surface area (Å²) >= 11 is 0. The van der Waals surface area contributed by atoms with Crippen molar-refractivity contribution in [2.24, 2.45) is 7.05 Å². The number of amides is 1. The highest BCUT2D eigenvalue weighted by atomic mass is 16.2. The molecule has 1 aliphatic heterocycles. The molecule has 0 saturated carbocycles. The molecule has 35 heavy (non-hydrogen) atoms. The third-order valence-corrected chi connectivity index (χ3v) is 6.35. The molecule has 5 aromatic rings. The molecule has 1 atom stereocenters. The summed E-state index contributed by atoms with van der Waals surface area (Å²) in [6.45, 7) is 0. The minimum atomic E-state index is -0.0665. The van der Waals surface area contributed by atoms with Crippen LogP contribution < -0.4 is 10.2 Å². The van der Waals surface area contributed by atoms with Crippen molar-refractivity contribution in [3.8, 4) is 11.3 Å². The summed E-state index contributed by atoms with van der Waals surface area (Å²) in [5.74, 6) is 2.72. The lowest BCUT2D eigenvalue weighted by atomic mass is 9.95. The van der Waals surface area contributed by atoms with E-state index in [1.54, 1.807) is 29.0 Å². The van der Waals surface area contributed by atoms with Crippen LogP contribution in [0.25, 0.3) is 16.9 Å². The summed E-state index contributed by atoms with van der Waals surface area (Å²) in [6.07, 6.45) is 4.48. The van der Waals surface area contributed by atoms with Crippen molar-refractivity contribution in [3.63, 3.8) is 0 Å². The standard InChI is InChI=1S/C25H23N9O/c1-32-22-14-17(19-8-10-26-25(28-19)29-20-9-11-27-33(20)2)13-21-30-31-24(34(21)22)18(15-23(32)35)12-16-6-4-3-5-7-16/h3-11,13-14,18H,12,15H2,1-2H3,(H,26,28,29)/t18-/m0/s1. The van der Waals surface area contributed by atoms with Gasteiger partial charge in [-0.15, -0.1) is 10.2 Å². The van der Waals surface area contributed by atoms with Gasteiger partial charge in [-0.1, -0.05) is 30.3 Å². The van der Waals surface area contributed by atoms with Gasteiger partial charge < -0.3 is 10.2 Å². The minimum Gasteiger partial charge on any atom is -0.309 e. The number of benzene rings is 1. The monoisotopic (exact) mass is 465 g/mol. The molecule has 0 fully saturated rings. The van der Waals surface area contributed by atoms with Crippen LogP contribution in [-0.2, 0) is 18.3 Å². The third kappa shape index (κ3) is 3.78. The van der Waals surface area contributed by atoms with Gasteiger partial charge in [-0.3, -0.25) is 13.9 Å². The van der Waals surface area contributed by atoms with Crippen molar-refractivity contribution < 1.29 is 4.79 Å². The number of rotatable bonds is 5. The molecule has 0 bridgehead atoms. The van der Waals surface area contributed by atoms with Crippen LogP contribution in [0, 0.1) is 0 Å². The average molecular weight is 466 g/mol. The number of aromatic nitrogens is 7. The summed E-state index contributed by atoms with van der Waals surface area (Å²) in [4.78, 5) is 23.8. The van der Waals surface area contributed by atoms with Gasteiger partial charge in [0.2, 0.25) is 11.9 Å². The average Bonchev–Trinajstić information content (AvgIpc) is 3.47. The van der Waals surface area contributed by atoms with Crippen molar-refractivity contribution in [1.29, 1.82) is 0 Å². The summed E-state index contributed by atoms with van der Waals surface area (Å²) in [5.41, 5.74) is 3.37. The van der Waals surface area contributed by atoms with Gasteiger partial charge in [-0.25, -0.2) is 9.97 Å². The van der Waals surface area contributed by atoms with E-state index in [0.717, 1.165) is 29.4 Å². The zero-order chi connectivity index (χ0) is 23.9. The number of aryl methyl sites for hydroxylation is 1. The van der Waals surface area contributed by atoms with E-state index in [1.165, 1.54) is 5.56 Å². The van der Waals surface area contributed by atoms with E-state index in [4.69, 9.17) is 0 Å². The zero-order valence-electron chi connectivity index (χ0n) is 19.3. The Balaban J connectivity index is 1.41. The fourth-order valence-corrected chi connectivity index (χ4v) is 4.50. The maximum absolute atomic E-state index is 13.2. The van der Waals surface area contributed by atoms with Gasteiger partial charge in [0.05, 0.1) is 11.9 Å². The number of pyridine rings is 1. The van der Waals surface area contributed by atoms with Gasteiger partial charge in [-0.05, 0) is 30.2 Å². The predicted octanol–water partition coefficient (Wildman–Crippen LogP) is 3.36. The molecule has 174 valence electrons. The minimum absolute atomic E-state index is 0.0381. The fraction of sp³-hybridized carbons (Fsp3) is 0.200. The molecule has 1 aliphatic rings. The van der Waals surface area contributed by atoms with Crippen LogP contribution in [0.15, 0.2) is 67.0 Å². The Morgan fingerprint density at radius 2 is 1.89 bits per heavy atom. The summed E-state index contributed by atoms with van der Waals surface area (Å²) in [6, 6.07) is 17.8. The maximum atomic E-state index is 13.2. The lowest BCUT2D eigenvalue weighted by Crippen LogP contribution is -2.27. The van der Waals surface area contributed by atoms with Gasteiger partial charge in [0, 0.05) is 44.3 Å². The SMILES string of the molecule is CN1C(=O)C[C@H](Cc2ccccc2)c2nnc3cc(-c4ccnc(Nc5ccnn5C)n4)cc1n23. The molecule has 1 amide bonds. The van der Waals surface area contributed by atoms with E-state index in [2.05, 4.69) is 42.7 Å². The number of carbonyl (C=O) groups is 1. The molecule has 4 aromatic heterocycles. The van der Waals surface area contributed by atoms with Crippen LogP contribution in [0.2, 0.25) is 0 Å². The smallest absolute Gasteiger partial charge is 0.228 e. The molecule has 0 saturated heterocycles. The number of hydrogen-bond donors (Lipinski definition) is 1. The fourth-order valence-electron chi connectivity index (χ4n) is 4.50. The molecule has 0 aliphatic carbocycles. The van der Waals surface area contributed by atoms with E-state index in [-0.39, 0.29) is 11.8 Å². The van der Waals surface area contributed by atoms with Gasteiger partial charge in [0.1, 0.15) is 17.5 Å². The Morgan fingerprint density at radius 1 is 1.03 bits per heavy atom. The molecule has 10 heteroatoms. The lowest BCUT2D eigenvalue weighted by molar-refractivity contribution is -0.118. The zero-order valence-corrected chi connectivity index (χ0v) is 19.3. The van der Waals surface area contributed by atoms with E-state index < -0.39 is 0 Å². The summed E-state index contributed by atoms with van der Waals surface area (Å²) < 4.78 is 3.69. The predicted molar refractivity (Wildman–Crippen MR) is 131 cm³/mol. The normalized spacial score (nSPS) is 15.4. The van der Waals surface area contributed by atoms with E-state index in [0.29, 0.717) is 23.7 Å². The van der Waals surface area contributed by atoms with E-state index >= 15 is 0 Å². The van der Waals surface area contributed by atoms with Gasteiger partial charge in [0.15, 0.2) is 5.65 Å². The second-order valence-corrected chi connectivity index (χ2v) is 8.63. The number of hydrogen-bond acceptors (Lipinski definition) is 7. The Kier molecular flexibility index (Phi) is 4.98. The van der Waals surface area contributed by atoms with Crippen LogP contribution in [0.1, 0.15) is 23.7 Å². The van der Waals surface area contributed by atoms with Gasteiger partial charge >= 0.3 is 0 Å². The highest BCUT2D eigenvalue weighted by Gasteiger charge is 2.30. The second-order valence-electron chi connectivity index (χ2n) is 8.63. The quantitative estimate of drug-likeness (QED) is 0.424. The molecule has 10 nitrogen and oxygen atoms in total. The molecule has 1 aromatic carbocycles. The third-order valence-electron chi connectivity index (χ3n) is 6.35. The molecule has 0 unspecified atom stereocenters. The molecule has 0 radical (unpaired) electrons. The van der Waals surface area contributed by atoms with Crippen molar-refractivity contribution in [2.75, 3.05) is 17.3 Å². The van der Waals surface area contributed by atoms with Crippen molar-refractivity contribution in [3.05, 3.63) is 78.4 Å². The second kappa shape index (κ2) is 8.32. The van der Waals surface area contributed by atoms with Crippen LogP contribution in [0.5, 0.6) is 0 Å². The molecule has 0 spiro atoms. The Hall–Kier alpha value is -4.60. The molecular weight excluding hydrogens is 442 g/mol. The molecule has 6 rings (SSSR count). The first kappa shape index (κ1) is 21.0. The first-order chi connectivity index (χ1) is 17.1. The summed E-state index contributed by atoms with van der Waals surface area (Å²) in [7, 11) is 3.64. The number of nitrogens with zero attached hydrogens (tertiary/aromatic N) is 8. The van der Waals surface area contributed by atoms with Crippen LogP contribution in [0.3, 0.4) is 0 Å². The van der Waals surface area contributed by atoms with Gasteiger partial charge in [0.25, 0.3) is 0 Å². The van der Waals surface area contributed by atoms with Crippen molar-refractivity contribution >= 4 is 29.1 Å². The van der Waals surface area contributed by atoms with E-state index in [1.807, 2.05) is 53.9 Å². The Bertz CT molecular complexity index is 1540. The Labute approximate surface area is 201 Å². The number of nitrogens with one attached hydrogen (secondary N) is 1. The van der Waals surface area contributed by atoms with Crippen LogP contribution >= 0.6 is 0 Å². The molecule has 5 heterocycles. The molecule has 1 N–H and O–H groups in total. The van der Waals surface area contributed by atoms with Crippen LogP contribution in [0.4, 0.5) is 17.6 Å². The highest BCUT2D eigenvalue weighted by Crippen LogP contribution is 2.34.